The summed E-state index contributed by atoms with van der Waals surface area (Å²) in [6, 6.07) is 8.86. The molecule has 4 rings (SSSR count). The molecule has 2 heterocycles. The summed E-state index contributed by atoms with van der Waals surface area (Å²) in [6.07, 6.45) is 3.50. The Morgan fingerprint density at radius 3 is 2.56 bits per heavy atom. The van der Waals surface area contributed by atoms with E-state index in [1.807, 2.05) is 11.8 Å². The number of hydrogen-bond donors (Lipinski definition) is 2. The molecule has 0 saturated carbocycles. The molecule has 166 valence electrons. The van der Waals surface area contributed by atoms with Crippen LogP contribution in [0.2, 0.25) is 5.02 Å². The molecule has 2 aromatic carbocycles. The van der Waals surface area contributed by atoms with Crippen LogP contribution < -0.4 is 15.5 Å². The van der Waals surface area contributed by atoms with Crippen LogP contribution >= 0.6 is 11.6 Å². The molecular formula is C23H22ClFN4O3. The summed E-state index contributed by atoms with van der Waals surface area (Å²) in [7, 11) is 0. The average molecular weight is 457 g/mol. The van der Waals surface area contributed by atoms with E-state index < -0.39 is 24.4 Å². The predicted molar refractivity (Wildman–Crippen MR) is 121 cm³/mol. The van der Waals surface area contributed by atoms with Gasteiger partial charge in [-0.1, -0.05) is 11.6 Å². The van der Waals surface area contributed by atoms with Crippen LogP contribution in [0.3, 0.4) is 0 Å². The van der Waals surface area contributed by atoms with Crippen molar-refractivity contribution in [2.45, 2.75) is 19.8 Å². The average Bonchev–Trinajstić information content (AvgIpc) is 3.37. The molecule has 9 heteroatoms. The van der Waals surface area contributed by atoms with Crippen LogP contribution in [0.5, 0.6) is 0 Å². The summed E-state index contributed by atoms with van der Waals surface area (Å²) in [5, 5.41) is 5.59. The zero-order valence-corrected chi connectivity index (χ0v) is 18.2. The predicted octanol–water partition coefficient (Wildman–Crippen LogP) is 3.92. The van der Waals surface area contributed by atoms with Gasteiger partial charge in [-0.3, -0.25) is 9.59 Å². The lowest BCUT2D eigenvalue weighted by atomic mass is 10.1. The first-order valence-electron chi connectivity index (χ1n) is 10.3. The Balaban J connectivity index is 1.47. The van der Waals surface area contributed by atoms with Crippen LogP contribution in [-0.2, 0) is 9.59 Å². The summed E-state index contributed by atoms with van der Waals surface area (Å²) in [5.74, 6) is -1.56. The number of amides is 4. The van der Waals surface area contributed by atoms with Gasteiger partial charge in [0.1, 0.15) is 18.1 Å². The molecule has 0 spiro atoms. The van der Waals surface area contributed by atoms with E-state index in [1.165, 1.54) is 12.1 Å². The molecule has 2 aliphatic rings. The normalized spacial score (nSPS) is 17.3. The first-order chi connectivity index (χ1) is 15.3. The van der Waals surface area contributed by atoms with Gasteiger partial charge in [-0.15, -0.1) is 0 Å². The standard InChI is InChI=1S/C23H22ClFN4O3/c1-14-10-20(28-8-2-3-9-28)18(25)11-15(14)12-19-22(31)29(23(32)27-19)13-21(30)26-17-6-4-16(24)5-7-17/h4-7,10-12H,2-3,8-9,13H2,1H3,(H,26,30)(H,27,32). The Kier molecular flexibility index (Phi) is 6.14. The van der Waals surface area contributed by atoms with Gasteiger partial charge >= 0.3 is 6.03 Å². The van der Waals surface area contributed by atoms with Crippen molar-refractivity contribution in [3.63, 3.8) is 0 Å². The molecule has 0 bridgehead atoms. The second-order valence-electron chi connectivity index (χ2n) is 7.79. The molecule has 2 fully saturated rings. The summed E-state index contributed by atoms with van der Waals surface area (Å²) in [6.45, 7) is 3.01. The smallest absolute Gasteiger partial charge is 0.329 e. The molecule has 0 aromatic heterocycles. The number of hydrogen-bond acceptors (Lipinski definition) is 4. The minimum Gasteiger partial charge on any atom is -0.369 e. The lowest BCUT2D eigenvalue weighted by Gasteiger charge is -2.19. The zero-order chi connectivity index (χ0) is 22.8. The molecule has 7 nitrogen and oxygen atoms in total. The number of nitrogens with one attached hydrogen (secondary N) is 2. The van der Waals surface area contributed by atoms with E-state index in [9.17, 15) is 18.8 Å². The van der Waals surface area contributed by atoms with E-state index >= 15 is 0 Å². The first kappa shape index (κ1) is 21.8. The van der Waals surface area contributed by atoms with Crippen molar-refractivity contribution >= 4 is 46.9 Å². The number of aryl methyl sites for hydroxylation is 1. The number of anilines is 2. The van der Waals surface area contributed by atoms with Gasteiger partial charge in [0.05, 0.1) is 5.69 Å². The Hall–Kier alpha value is -3.39. The minimum absolute atomic E-state index is 0.00860. The van der Waals surface area contributed by atoms with Crippen molar-refractivity contribution in [3.05, 3.63) is 64.1 Å². The third kappa shape index (κ3) is 4.60. The number of nitrogens with zero attached hydrogens (tertiary/aromatic N) is 2. The molecular weight excluding hydrogens is 435 g/mol. The van der Waals surface area contributed by atoms with Crippen molar-refractivity contribution in [3.8, 4) is 0 Å². The molecule has 0 radical (unpaired) electrons. The lowest BCUT2D eigenvalue weighted by Crippen LogP contribution is -2.38. The van der Waals surface area contributed by atoms with Gasteiger partial charge in [0.2, 0.25) is 5.91 Å². The topological polar surface area (TPSA) is 81.8 Å². The van der Waals surface area contributed by atoms with Crippen molar-refractivity contribution < 1.29 is 18.8 Å². The number of carbonyl (C=O) groups is 3. The highest BCUT2D eigenvalue weighted by Crippen LogP contribution is 2.28. The van der Waals surface area contributed by atoms with Crippen molar-refractivity contribution in [2.24, 2.45) is 0 Å². The van der Waals surface area contributed by atoms with Crippen LogP contribution in [-0.4, -0.2) is 42.4 Å². The number of benzene rings is 2. The molecule has 0 atom stereocenters. The van der Waals surface area contributed by atoms with E-state index in [4.69, 9.17) is 11.6 Å². The largest absolute Gasteiger partial charge is 0.369 e. The van der Waals surface area contributed by atoms with E-state index in [-0.39, 0.29) is 11.5 Å². The second kappa shape index (κ2) is 9.00. The van der Waals surface area contributed by atoms with Gasteiger partial charge < -0.3 is 15.5 Å². The highest BCUT2D eigenvalue weighted by atomic mass is 35.5. The van der Waals surface area contributed by atoms with E-state index in [0.717, 1.165) is 36.4 Å². The van der Waals surface area contributed by atoms with Gasteiger partial charge in [0.15, 0.2) is 0 Å². The molecule has 2 aromatic rings. The number of carbonyl (C=O) groups excluding carboxylic acids is 3. The molecule has 32 heavy (non-hydrogen) atoms. The lowest BCUT2D eigenvalue weighted by molar-refractivity contribution is -0.127. The SMILES string of the molecule is Cc1cc(N2CCCC2)c(F)cc1C=C1NC(=O)N(CC(=O)Nc2ccc(Cl)cc2)C1=O. The highest BCUT2D eigenvalue weighted by Gasteiger charge is 2.35. The number of imide groups is 1. The quantitative estimate of drug-likeness (QED) is 0.528. The van der Waals surface area contributed by atoms with Gasteiger partial charge in [-0.25, -0.2) is 14.1 Å². The van der Waals surface area contributed by atoms with Crippen molar-refractivity contribution in [1.29, 1.82) is 0 Å². The van der Waals surface area contributed by atoms with Crippen LogP contribution in [0.15, 0.2) is 42.1 Å². The first-order valence-corrected chi connectivity index (χ1v) is 10.6. The van der Waals surface area contributed by atoms with Gasteiger partial charge in [0, 0.05) is 23.8 Å². The fraction of sp³-hybridized carbons (Fsp3) is 0.261. The summed E-state index contributed by atoms with van der Waals surface area (Å²) in [5.41, 5.74) is 2.30. The Morgan fingerprint density at radius 2 is 1.88 bits per heavy atom. The zero-order valence-electron chi connectivity index (χ0n) is 17.5. The Bertz CT molecular complexity index is 1110. The summed E-state index contributed by atoms with van der Waals surface area (Å²) >= 11 is 5.82. The molecule has 0 aliphatic carbocycles. The maximum atomic E-state index is 14.7. The number of urea groups is 1. The van der Waals surface area contributed by atoms with Crippen molar-refractivity contribution in [2.75, 3.05) is 29.9 Å². The number of rotatable bonds is 5. The third-order valence-corrected chi connectivity index (χ3v) is 5.73. The van der Waals surface area contributed by atoms with E-state index in [2.05, 4.69) is 10.6 Å². The Morgan fingerprint density at radius 1 is 1.19 bits per heavy atom. The summed E-state index contributed by atoms with van der Waals surface area (Å²) < 4.78 is 14.7. The summed E-state index contributed by atoms with van der Waals surface area (Å²) in [4.78, 5) is 40.1. The fourth-order valence-corrected chi connectivity index (χ4v) is 3.91. The van der Waals surface area contributed by atoms with Gasteiger partial charge in [-0.2, -0.15) is 0 Å². The molecule has 0 unspecified atom stereocenters. The minimum atomic E-state index is -0.709. The maximum absolute atomic E-state index is 14.7. The monoisotopic (exact) mass is 456 g/mol. The number of halogens is 2. The van der Waals surface area contributed by atoms with Crippen molar-refractivity contribution in [1.82, 2.24) is 10.2 Å². The second-order valence-corrected chi connectivity index (χ2v) is 8.23. The van der Waals surface area contributed by atoms with E-state index in [1.54, 1.807) is 30.3 Å². The van der Waals surface area contributed by atoms with Crippen LogP contribution in [0.1, 0.15) is 24.0 Å². The molecule has 4 amide bonds. The van der Waals surface area contributed by atoms with Gasteiger partial charge in [0.25, 0.3) is 5.91 Å². The van der Waals surface area contributed by atoms with Gasteiger partial charge in [-0.05, 0) is 73.4 Å². The van der Waals surface area contributed by atoms with E-state index in [0.29, 0.717) is 22.0 Å². The molecule has 2 N–H and O–H groups in total. The molecule has 2 saturated heterocycles. The molecule has 2 aliphatic heterocycles. The maximum Gasteiger partial charge on any atom is 0.329 e. The van der Waals surface area contributed by atoms with Crippen LogP contribution in [0.4, 0.5) is 20.6 Å². The van der Waals surface area contributed by atoms with Crippen LogP contribution in [0.25, 0.3) is 6.08 Å². The highest BCUT2D eigenvalue weighted by molar-refractivity contribution is 6.30. The van der Waals surface area contributed by atoms with Crippen LogP contribution in [0, 0.1) is 12.7 Å². The fourth-order valence-electron chi connectivity index (χ4n) is 3.79. The Labute approximate surface area is 189 Å². The third-order valence-electron chi connectivity index (χ3n) is 5.47.